The second-order valence-electron chi connectivity index (χ2n) is 6.64. The number of aryl methyl sites for hydroxylation is 1. The molecule has 0 spiro atoms. The van der Waals surface area contributed by atoms with Crippen LogP contribution in [0.15, 0.2) is 6.20 Å². The van der Waals surface area contributed by atoms with Gasteiger partial charge in [-0.05, 0) is 57.5 Å². The number of anilines is 1. The average Bonchev–Trinajstić information content (AvgIpc) is 3.02. The van der Waals surface area contributed by atoms with E-state index in [2.05, 4.69) is 34.5 Å². The molecule has 0 saturated carbocycles. The summed E-state index contributed by atoms with van der Waals surface area (Å²) in [6.07, 6.45) is 6.02. The van der Waals surface area contributed by atoms with Crippen LogP contribution in [-0.2, 0) is 7.05 Å². The van der Waals surface area contributed by atoms with Crippen LogP contribution in [0.2, 0.25) is 0 Å². The predicted molar refractivity (Wildman–Crippen MR) is 110 cm³/mol. The van der Waals surface area contributed by atoms with Crippen LogP contribution in [0.4, 0.5) is 5.69 Å². The summed E-state index contributed by atoms with van der Waals surface area (Å²) in [6.45, 7) is 9.97. The molecule has 1 aromatic heterocycles. The third-order valence-electron chi connectivity index (χ3n) is 4.86. The molecule has 0 atom stereocenters. The van der Waals surface area contributed by atoms with Gasteiger partial charge in [0.15, 0.2) is 5.11 Å². The maximum Gasteiger partial charge on any atom is 0.274 e. The predicted octanol–water partition coefficient (Wildman–Crippen LogP) is 2.06. The van der Waals surface area contributed by atoms with E-state index < -0.39 is 0 Å². The Balaban J connectivity index is 1.87. The number of piperidine rings is 1. The van der Waals surface area contributed by atoms with Crippen molar-refractivity contribution in [2.24, 2.45) is 7.05 Å². The summed E-state index contributed by atoms with van der Waals surface area (Å²) in [6, 6.07) is 0. The Morgan fingerprint density at radius 3 is 2.62 bits per heavy atom. The van der Waals surface area contributed by atoms with E-state index >= 15 is 0 Å². The zero-order valence-corrected chi connectivity index (χ0v) is 17.1. The number of hydrogen-bond donors (Lipinski definition) is 2. The zero-order valence-electron chi connectivity index (χ0n) is 16.3. The second-order valence-corrected chi connectivity index (χ2v) is 7.05. The molecule has 26 heavy (non-hydrogen) atoms. The Morgan fingerprint density at radius 1 is 1.27 bits per heavy atom. The molecule has 1 amide bonds. The summed E-state index contributed by atoms with van der Waals surface area (Å²) >= 11 is 5.39. The molecule has 2 heterocycles. The number of hydrogen-bond acceptors (Lipinski definition) is 4. The molecule has 0 radical (unpaired) electrons. The molecule has 0 unspecified atom stereocenters. The van der Waals surface area contributed by atoms with Crippen LogP contribution in [0.5, 0.6) is 0 Å². The van der Waals surface area contributed by atoms with E-state index in [1.807, 2.05) is 4.90 Å². The summed E-state index contributed by atoms with van der Waals surface area (Å²) in [5.74, 6) is 0.0246. The highest BCUT2D eigenvalue weighted by molar-refractivity contribution is 7.80. The van der Waals surface area contributed by atoms with E-state index in [9.17, 15) is 4.79 Å². The van der Waals surface area contributed by atoms with Crippen molar-refractivity contribution >= 4 is 28.9 Å². The molecule has 8 heteroatoms. The van der Waals surface area contributed by atoms with Gasteiger partial charge in [-0.2, -0.15) is 5.10 Å². The van der Waals surface area contributed by atoms with Gasteiger partial charge in [-0.25, -0.2) is 0 Å². The van der Waals surface area contributed by atoms with Crippen molar-refractivity contribution in [3.05, 3.63) is 11.9 Å². The van der Waals surface area contributed by atoms with E-state index in [1.165, 1.54) is 6.42 Å². The number of nitrogens with one attached hydrogen (secondary N) is 2. The van der Waals surface area contributed by atoms with Crippen LogP contribution >= 0.6 is 12.2 Å². The largest absolute Gasteiger partial charge is 0.362 e. The van der Waals surface area contributed by atoms with Gasteiger partial charge in [0.2, 0.25) is 0 Å². The summed E-state index contributed by atoms with van der Waals surface area (Å²) in [7, 11) is 1.79. The first kappa shape index (κ1) is 20.6. The minimum atomic E-state index is 0.0246. The summed E-state index contributed by atoms with van der Waals surface area (Å²) in [5.41, 5.74) is 1.24. The van der Waals surface area contributed by atoms with Gasteiger partial charge in [-0.3, -0.25) is 9.48 Å². The first-order valence-corrected chi connectivity index (χ1v) is 10.1. The molecule has 0 aromatic carbocycles. The number of amides is 1. The van der Waals surface area contributed by atoms with Gasteiger partial charge in [-0.1, -0.05) is 13.8 Å². The first-order valence-electron chi connectivity index (χ1n) is 9.65. The maximum absolute atomic E-state index is 12.8. The highest BCUT2D eigenvalue weighted by Gasteiger charge is 2.24. The molecule has 0 aliphatic carbocycles. The molecule has 146 valence electrons. The van der Waals surface area contributed by atoms with Crippen LogP contribution in [0.1, 0.15) is 50.0 Å². The third-order valence-corrected chi connectivity index (χ3v) is 5.11. The van der Waals surface area contributed by atoms with Crippen LogP contribution in [0.25, 0.3) is 0 Å². The van der Waals surface area contributed by atoms with Gasteiger partial charge in [-0.15, -0.1) is 0 Å². The fourth-order valence-electron chi connectivity index (χ4n) is 3.24. The molecule has 2 rings (SSSR count). The number of thiocarbonyl (C=S) groups is 1. The lowest BCUT2D eigenvalue weighted by molar-refractivity contribution is 0.0714. The highest BCUT2D eigenvalue weighted by atomic mass is 32.1. The molecule has 1 saturated heterocycles. The van der Waals surface area contributed by atoms with Crippen molar-refractivity contribution in [3.63, 3.8) is 0 Å². The second kappa shape index (κ2) is 10.5. The summed E-state index contributed by atoms with van der Waals surface area (Å²) in [5, 5.41) is 11.1. The van der Waals surface area contributed by atoms with Gasteiger partial charge >= 0.3 is 0 Å². The monoisotopic (exact) mass is 380 g/mol. The van der Waals surface area contributed by atoms with Crippen LogP contribution < -0.4 is 10.6 Å². The first-order chi connectivity index (χ1) is 12.6. The van der Waals surface area contributed by atoms with E-state index in [1.54, 1.807) is 17.9 Å². The smallest absolute Gasteiger partial charge is 0.274 e. The average molecular weight is 381 g/mol. The number of aromatic nitrogens is 2. The lowest BCUT2D eigenvalue weighted by atomic mass is 10.1. The van der Waals surface area contributed by atoms with Crippen molar-refractivity contribution in [3.8, 4) is 0 Å². The van der Waals surface area contributed by atoms with Crippen molar-refractivity contribution in [2.45, 2.75) is 39.5 Å². The lowest BCUT2D eigenvalue weighted by Crippen LogP contribution is -2.37. The number of likely N-dealkylation sites (tertiary alicyclic amines) is 1. The standard InChI is InChI=1S/C18H32N6OS/c1-4-23(5-2)11-9-10-19-18(26)21-15-14-20-22(3)16(15)17(25)24-12-7-6-8-13-24/h14H,4-13H2,1-3H3,(H2,19,21,26). The Hall–Kier alpha value is -1.67. The fourth-order valence-corrected chi connectivity index (χ4v) is 3.45. The number of nitrogens with zero attached hydrogens (tertiary/aromatic N) is 4. The van der Waals surface area contributed by atoms with Crippen molar-refractivity contribution < 1.29 is 4.79 Å². The van der Waals surface area contributed by atoms with E-state index in [-0.39, 0.29) is 5.91 Å². The molecule has 7 nitrogen and oxygen atoms in total. The SMILES string of the molecule is CCN(CC)CCCNC(=S)Nc1cnn(C)c1C(=O)N1CCCCC1. The molecule has 2 N–H and O–H groups in total. The van der Waals surface area contributed by atoms with Gasteiger partial charge in [0.1, 0.15) is 5.69 Å². The highest BCUT2D eigenvalue weighted by Crippen LogP contribution is 2.19. The van der Waals surface area contributed by atoms with Crippen LogP contribution in [0, 0.1) is 0 Å². The molecule has 0 bridgehead atoms. The molecule has 1 aliphatic rings. The minimum Gasteiger partial charge on any atom is -0.362 e. The Kier molecular flexibility index (Phi) is 8.31. The van der Waals surface area contributed by atoms with Gasteiger partial charge < -0.3 is 20.4 Å². The number of carbonyl (C=O) groups excluding carboxylic acids is 1. The van der Waals surface area contributed by atoms with E-state index in [4.69, 9.17) is 12.2 Å². The minimum absolute atomic E-state index is 0.0246. The molecule has 1 aromatic rings. The van der Waals surface area contributed by atoms with Crippen LogP contribution in [0.3, 0.4) is 0 Å². The van der Waals surface area contributed by atoms with Crippen molar-refractivity contribution in [1.82, 2.24) is 24.9 Å². The van der Waals surface area contributed by atoms with E-state index in [0.717, 1.165) is 58.5 Å². The normalized spacial score (nSPS) is 14.5. The zero-order chi connectivity index (χ0) is 18.9. The third kappa shape index (κ3) is 5.67. The Labute approximate surface area is 162 Å². The topological polar surface area (TPSA) is 65.4 Å². The van der Waals surface area contributed by atoms with Crippen LogP contribution in [-0.4, -0.2) is 69.9 Å². The van der Waals surface area contributed by atoms with Crippen molar-refractivity contribution in [1.29, 1.82) is 0 Å². The Bertz CT molecular complexity index is 593. The summed E-state index contributed by atoms with van der Waals surface area (Å²) < 4.78 is 1.63. The van der Waals surface area contributed by atoms with Gasteiger partial charge in [0.05, 0.1) is 11.9 Å². The van der Waals surface area contributed by atoms with Crippen molar-refractivity contribution in [2.75, 3.05) is 44.6 Å². The number of rotatable bonds is 8. The fraction of sp³-hybridized carbons (Fsp3) is 0.722. The lowest BCUT2D eigenvalue weighted by Gasteiger charge is -2.27. The molecule has 1 fully saturated rings. The number of carbonyl (C=O) groups is 1. The van der Waals surface area contributed by atoms with Gasteiger partial charge in [0.25, 0.3) is 5.91 Å². The van der Waals surface area contributed by atoms with Gasteiger partial charge in [0, 0.05) is 26.7 Å². The molecular formula is C18H32N6OS. The molecular weight excluding hydrogens is 348 g/mol. The molecule has 1 aliphatic heterocycles. The van der Waals surface area contributed by atoms with E-state index in [0.29, 0.717) is 16.5 Å². The Morgan fingerprint density at radius 2 is 1.96 bits per heavy atom. The summed E-state index contributed by atoms with van der Waals surface area (Å²) in [4.78, 5) is 17.1. The maximum atomic E-state index is 12.8. The quantitative estimate of drug-likeness (QED) is 0.532.